The first-order valence-corrected chi connectivity index (χ1v) is 6.15. The van der Waals surface area contributed by atoms with Crippen LogP contribution in [0.2, 0.25) is 0 Å². The summed E-state index contributed by atoms with van der Waals surface area (Å²) in [5, 5.41) is 3.36. The molecule has 0 amide bonds. The van der Waals surface area contributed by atoms with Crippen molar-refractivity contribution in [2.75, 3.05) is 6.54 Å². The van der Waals surface area contributed by atoms with Crippen LogP contribution in [0, 0.1) is 0 Å². The molecule has 1 atom stereocenters. The van der Waals surface area contributed by atoms with E-state index in [1.807, 2.05) is 12.1 Å². The Labute approximate surface area is 97.1 Å². The van der Waals surface area contributed by atoms with Gasteiger partial charge in [-0.3, -0.25) is 4.79 Å². The van der Waals surface area contributed by atoms with Crippen molar-refractivity contribution in [3.8, 4) is 0 Å². The van der Waals surface area contributed by atoms with Crippen molar-refractivity contribution >= 4 is 5.78 Å². The van der Waals surface area contributed by atoms with Crippen LogP contribution < -0.4 is 5.32 Å². The van der Waals surface area contributed by atoms with Crippen molar-refractivity contribution in [1.29, 1.82) is 0 Å². The van der Waals surface area contributed by atoms with Crippen molar-refractivity contribution in [2.45, 2.75) is 38.6 Å². The normalized spacial score (nSPS) is 19.9. The fourth-order valence-electron chi connectivity index (χ4n) is 2.20. The molecule has 1 unspecified atom stereocenters. The summed E-state index contributed by atoms with van der Waals surface area (Å²) in [4.78, 5) is 12.0. The number of benzene rings is 1. The second-order valence-electron chi connectivity index (χ2n) is 4.47. The molecule has 1 N–H and O–H groups in total. The lowest BCUT2D eigenvalue weighted by molar-refractivity contribution is 0.0971. The zero-order valence-electron chi connectivity index (χ0n) is 9.83. The first-order chi connectivity index (χ1) is 7.79. The van der Waals surface area contributed by atoms with Gasteiger partial charge in [-0.05, 0) is 31.4 Å². The van der Waals surface area contributed by atoms with E-state index in [-0.39, 0.29) is 5.78 Å². The van der Waals surface area contributed by atoms with Crippen molar-refractivity contribution in [3.63, 3.8) is 0 Å². The van der Waals surface area contributed by atoms with Crippen LogP contribution in [-0.4, -0.2) is 18.4 Å². The van der Waals surface area contributed by atoms with Crippen LogP contribution in [0.3, 0.4) is 0 Å². The second-order valence-corrected chi connectivity index (χ2v) is 4.47. The maximum atomic E-state index is 12.0. The standard InChI is InChI=1S/C14H19NO/c1-2-11-5-7-12(8-6-11)14(16)10-13-4-3-9-15-13/h5-8,13,15H,2-4,9-10H2,1H3. The highest BCUT2D eigenvalue weighted by atomic mass is 16.1. The summed E-state index contributed by atoms with van der Waals surface area (Å²) in [7, 11) is 0. The Morgan fingerprint density at radius 3 is 2.69 bits per heavy atom. The molecule has 1 aromatic carbocycles. The Morgan fingerprint density at radius 1 is 1.38 bits per heavy atom. The lowest BCUT2D eigenvalue weighted by Gasteiger charge is -2.09. The number of carbonyl (C=O) groups excluding carboxylic acids is 1. The lowest BCUT2D eigenvalue weighted by atomic mass is 10.0. The number of carbonyl (C=O) groups is 1. The summed E-state index contributed by atoms with van der Waals surface area (Å²) in [6, 6.07) is 8.41. The summed E-state index contributed by atoms with van der Waals surface area (Å²) in [6.45, 7) is 3.19. The number of rotatable bonds is 4. The molecule has 16 heavy (non-hydrogen) atoms. The molecule has 2 nitrogen and oxygen atoms in total. The van der Waals surface area contributed by atoms with E-state index < -0.39 is 0 Å². The van der Waals surface area contributed by atoms with Gasteiger partial charge in [0.05, 0.1) is 0 Å². The molecule has 1 fully saturated rings. The van der Waals surface area contributed by atoms with Crippen molar-refractivity contribution in [3.05, 3.63) is 35.4 Å². The molecule has 86 valence electrons. The van der Waals surface area contributed by atoms with E-state index in [1.54, 1.807) is 0 Å². The Balaban J connectivity index is 1.97. The third-order valence-electron chi connectivity index (χ3n) is 3.28. The van der Waals surface area contributed by atoms with Gasteiger partial charge in [0.2, 0.25) is 0 Å². The van der Waals surface area contributed by atoms with Gasteiger partial charge in [-0.2, -0.15) is 0 Å². The van der Waals surface area contributed by atoms with Gasteiger partial charge in [-0.1, -0.05) is 31.2 Å². The van der Waals surface area contributed by atoms with Crippen LogP contribution in [0.5, 0.6) is 0 Å². The van der Waals surface area contributed by atoms with E-state index in [4.69, 9.17) is 0 Å². The number of nitrogens with one attached hydrogen (secondary N) is 1. The van der Waals surface area contributed by atoms with E-state index in [0.717, 1.165) is 24.9 Å². The summed E-state index contributed by atoms with van der Waals surface area (Å²) in [6.07, 6.45) is 4.01. The van der Waals surface area contributed by atoms with Gasteiger partial charge in [-0.15, -0.1) is 0 Å². The second kappa shape index (κ2) is 5.26. The summed E-state index contributed by atoms with van der Waals surface area (Å²) in [5.74, 6) is 0.266. The highest BCUT2D eigenvalue weighted by Gasteiger charge is 2.18. The van der Waals surface area contributed by atoms with Crippen LogP contribution in [0.25, 0.3) is 0 Å². The first kappa shape index (κ1) is 11.3. The van der Waals surface area contributed by atoms with Crippen LogP contribution in [-0.2, 0) is 6.42 Å². The summed E-state index contributed by atoms with van der Waals surface area (Å²) < 4.78 is 0. The number of hydrogen-bond acceptors (Lipinski definition) is 2. The molecule has 0 spiro atoms. The topological polar surface area (TPSA) is 29.1 Å². The van der Waals surface area contributed by atoms with Gasteiger partial charge >= 0.3 is 0 Å². The molecule has 0 saturated carbocycles. The number of hydrogen-bond donors (Lipinski definition) is 1. The Bertz CT molecular complexity index is 350. The minimum absolute atomic E-state index is 0.266. The number of ketones is 1. The third-order valence-corrected chi connectivity index (χ3v) is 3.28. The highest BCUT2D eigenvalue weighted by Crippen LogP contribution is 2.13. The Kier molecular flexibility index (Phi) is 3.73. The summed E-state index contributed by atoms with van der Waals surface area (Å²) >= 11 is 0. The van der Waals surface area contributed by atoms with E-state index in [0.29, 0.717) is 12.5 Å². The molecular formula is C14H19NO. The number of aryl methyl sites for hydroxylation is 1. The Morgan fingerprint density at radius 2 is 2.12 bits per heavy atom. The predicted molar refractivity (Wildman–Crippen MR) is 65.8 cm³/mol. The molecule has 2 rings (SSSR count). The van der Waals surface area contributed by atoms with Crippen LogP contribution in [0.1, 0.15) is 42.1 Å². The first-order valence-electron chi connectivity index (χ1n) is 6.15. The Hall–Kier alpha value is -1.15. The zero-order valence-corrected chi connectivity index (χ0v) is 9.83. The van der Waals surface area contributed by atoms with E-state index in [1.165, 1.54) is 12.0 Å². The molecule has 2 heteroatoms. The van der Waals surface area contributed by atoms with Crippen LogP contribution >= 0.6 is 0 Å². The van der Waals surface area contributed by atoms with Crippen LogP contribution in [0.4, 0.5) is 0 Å². The van der Waals surface area contributed by atoms with Crippen molar-refractivity contribution in [1.82, 2.24) is 5.32 Å². The average Bonchev–Trinajstić information content (AvgIpc) is 2.82. The molecule has 0 radical (unpaired) electrons. The molecule has 1 aliphatic heterocycles. The van der Waals surface area contributed by atoms with Gasteiger partial charge in [0.1, 0.15) is 0 Å². The molecule has 0 aromatic heterocycles. The van der Waals surface area contributed by atoms with E-state index >= 15 is 0 Å². The molecule has 0 aliphatic carbocycles. The van der Waals surface area contributed by atoms with Gasteiger partial charge in [0.15, 0.2) is 5.78 Å². The maximum Gasteiger partial charge on any atom is 0.164 e. The number of Topliss-reactive ketones (excluding diaryl/α,β-unsaturated/α-hetero) is 1. The molecule has 1 saturated heterocycles. The quantitative estimate of drug-likeness (QED) is 0.785. The van der Waals surface area contributed by atoms with Crippen LogP contribution in [0.15, 0.2) is 24.3 Å². The third kappa shape index (κ3) is 2.70. The van der Waals surface area contributed by atoms with Crippen molar-refractivity contribution < 1.29 is 4.79 Å². The fraction of sp³-hybridized carbons (Fsp3) is 0.500. The summed E-state index contributed by atoms with van der Waals surface area (Å²) in [5.41, 5.74) is 2.14. The van der Waals surface area contributed by atoms with E-state index in [2.05, 4.69) is 24.4 Å². The van der Waals surface area contributed by atoms with E-state index in [9.17, 15) is 4.79 Å². The van der Waals surface area contributed by atoms with Gasteiger partial charge in [-0.25, -0.2) is 0 Å². The molecule has 1 aliphatic rings. The highest BCUT2D eigenvalue weighted by molar-refractivity contribution is 5.96. The lowest BCUT2D eigenvalue weighted by Crippen LogP contribution is -2.24. The molecule has 0 bridgehead atoms. The fourth-order valence-corrected chi connectivity index (χ4v) is 2.20. The maximum absolute atomic E-state index is 12.0. The average molecular weight is 217 g/mol. The molecular weight excluding hydrogens is 198 g/mol. The van der Waals surface area contributed by atoms with Gasteiger partial charge in [0, 0.05) is 18.0 Å². The molecule has 1 aromatic rings. The SMILES string of the molecule is CCc1ccc(C(=O)CC2CCCN2)cc1. The van der Waals surface area contributed by atoms with Gasteiger partial charge in [0.25, 0.3) is 0 Å². The minimum atomic E-state index is 0.266. The van der Waals surface area contributed by atoms with Gasteiger partial charge < -0.3 is 5.32 Å². The van der Waals surface area contributed by atoms with Crippen molar-refractivity contribution in [2.24, 2.45) is 0 Å². The predicted octanol–water partition coefficient (Wildman–Crippen LogP) is 2.57. The zero-order chi connectivity index (χ0) is 11.4. The minimum Gasteiger partial charge on any atom is -0.314 e. The smallest absolute Gasteiger partial charge is 0.164 e. The molecule has 1 heterocycles. The largest absolute Gasteiger partial charge is 0.314 e. The monoisotopic (exact) mass is 217 g/mol.